The van der Waals surface area contributed by atoms with Gasteiger partial charge >= 0.3 is 6.03 Å². The Labute approximate surface area is 199 Å². The highest BCUT2D eigenvalue weighted by molar-refractivity contribution is 6.39. The lowest BCUT2D eigenvalue weighted by Crippen LogP contribution is -2.54. The zero-order valence-electron chi connectivity index (χ0n) is 17.9. The molecule has 1 aliphatic heterocycles. The summed E-state index contributed by atoms with van der Waals surface area (Å²) in [5.41, 5.74) is 1.10. The predicted molar refractivity (Wildman–Crippen MR) is 124 cm³/mol. The maximum atomic E-state index is 13.4. The molecule has 0 saturated carbocycles. The summed E-state index contributed by atoms with van der Waals surface area (Å²) in [7, 11) is 1.44. The molecule has 1 N–H and O–H groups in total. The summed E-state index contributed by atoms with van der Waals surface area (Å²) in [6, 6.07) is 16.1. The molecule has 0 aromatic heterocycles. The fourth-order valence-corrected chi connectivity index (χ4v) is 3.54. The largest absolute Gasteiger partial charge is 0.493 e. The molecule has 172 valence electrons. The van der Waals surface area contributed by atoms with Crippen LogP contribution in [0.15, 0.2) is 72.3 Å². The molecule has 3 aromatic rings. The second kappa shape index (κ2) is 9.76. The van der Waals surface area contributed by atoms with Gasteiger partial charge in [0.05, 0.1) is 12.8 Å². The van der Waals surface area contributed by atoms with Crippen molar-refractivity contribution in [3.05, 3.63) is 94.3 Å². The van der Waals surface area contributed by atoms with Crippen LogP contribution in [-0.4, -0.2) is 25.0 Å². The van der Waals surface area contributed by atoms with Gasteiger partial charge in [-0.3, -0.25) is 14.9 Å². The van der Waals surface area contributed by atoms with E-state index in [2.05, 4.69) is 5.32 Å². The van der Waals surface area contributed by atoms with Crippen LogP contribution in [-0.2, 0) is 16.2 Å². The minimum Gasteiger partial charge on any atom is -0.493 e. The van der Waals surface area contributed by atoms with Gasteiger partial charge in [0, 0.05) is 5.02 Å². The number of hydrogen-bond acceptors (Lipinski definition) is 5. The summed E-state index contributed by atoms with van der Waals surface area (Å²) in [6.07, 6.45) is 1.35. The van der Waals surface area contributed by atoms with Gasteiger partial charge in [-0.1, -0.05) is 35.9 Å². The van der Waals surface area contributed by atoms with Crippen molar-refractivity contribution in [3.8, 4) is 11.5 Å². The topological polar surface area (TPSA) is 84.9 Å². The van der Waals surface area contributed by atoms with E-state index in [-0.39, 0.29) is 23.7 Å². The average molecular weight is 481 g/mol. The van der Waals surface area contributed by atoms with Crippen LogP contribution < -0.4 is 19.7 Å². The molecular weight excluding hydrogens is 463 g/mol. The Hall–Kier alpha value is -4.17. The molecule has 7 nitrogen and oxygen atoms in total. The van der Waals surface area contributed by atoms with E-state index in [1.807, 2.05) is 0 Å². The molecule has 0 aliphatic carbocycles. The number of nitrogens with zero attached hydrogens (tertiary/aromatic N) is 1. The zero-order chi connectivity index (χ0) is 24.2. The smallest absolute Gasteiger partial charge is 0.335 e. The molecule has 1 saturated heterocycles. The first-order valence-electron chi connectivity index (χ1n) is 10.1. The van der Waals surface area contributed by atoms with Crippen LogP contribution in [0.4, 0.5) is 14.9 Å². The van der Waals surface area contributed by atoms with Gasteiger partial charge in [0.15, 0.2) is 11.5 Å². The Balaban J connectivity index is 1.60. The second-order valence-corrected chi connectivity index (χ2v) is 7.70. The van der Waals surface area contributed by atoms with Gasteiger partial charge in [-0.2, -0.15) is 0 Å². The van der Waals surface area contributed by atoms with Crippen molar-refractivity contribution in [3.63, 3.8) is 0 Å². The number of barbiturate groups is 1. The third-order valence-corrected chi connectivity index (χ3v) is 5.19. The standard InChI is InChI=1S/C25H18ClFN2O5/c1-33-22-12-15(8-9-21(22)34-14-16-4-2-6-18(27)10-16)11-20-23(30)28-25(32)29(24(20)31)19-7-3-5-17(26)13-19/h2-13H,14H2,1H3,(H,28,30,32). The fourth-order valence-electron chi connectivity index (χ4n) is 3.35. The molecule has 1 heterocycles. The highest BCUT2D eigenvalue weighted by Gasteiger charge is 2.36. The number of methoxy groups -OCH3 is 1. The third kappa shape index (κ3) is 4.92. The van der Waals surface area contributed by atoms with Crippen LogP contribution in [0.3, 0.4) is 0 Å². The SMILES string of the molecule is COc1cc(C=C2C(=O)NC(=O)N(c3cccc(Cl)c3)C2=O)ccc1OCc1cccc(F)c1. The summed E-state index contributed by atoms with van der Waals surface area (Å²) < 4.78 is 24.5. The number of imide groups is 2. The molecular formula is C25H18ClFN2O5. The number of carbonyl (C=O) groups is 3. The van der Waals surface area contributed by atoms with Crippen molar-refractivity contribution in [2.24, 2.45) is 0 Å². The van der Waals surface area contributed by atoms with Crippen molar-refractivity contribution >= 4 is 41.2 Å². The van der Waals surface area contributed by atoms with Crippen molar-refractivity contribution in [2.75, 3.05) is 12.0 Å². The Morgan fingerprint density at radius 2 is 1.79 bits per heavy atom. The molecule has 0 unspecified atom stereocenters. The Bertz CT molecular complexity index is 1320. The highest BCUT2D eigenvalue weighted by Crippen LogP contribution is 2.31. The highest BCUT2D eigenvalue weighted by atomic mass is 35.5. The lowest BCUT2D eigenvalue weighted by atomic mass is 10.1. The number of nitrogens with one attached hydrogen (secondary N) is 1. The molecule has 0 spiro atoms. The zero-order valence-corrected chi connectivity index (χ0v) is 18.6. The number of urea groups is 1. The van der Waals surface area contributed by atoms with E-state index >= 15 is 0 Å². The number of rotatable bonds is 6. The number of halogens is 2. The monoisotopic (exact) mass is 480 g/mol. The lowest BCUT2D eigenvalue weighted by molar-refractivity contribution is -0.122. The third-order valence-electron chi connectivity index (χ3n) is 4.95. The molecule has 0 radical (unpaired) electrons. The summed E-state index contributed by atoms with van der Waals surface area (Å²) in [6.45, 7) is 0.117. The molecule has 0 bridgehead atoms. The summed E-state index contributed by atoms with van der Waals surface area (Å²) in [5.74, 6) is -1.24. The van der Waals surface area contributed by atoms with Crippen LogP contribution in [0, 0.1) is 5.82 Å². The van der Waals surface area contributed by atoms with Crippen LogP contribution in [0.5, 0.6) is 11.5 Å². The molecule has 1 fully saturated rings. The second-order valence-electron chi connectivity index (χ2n) is 7.27. The van der Waals surface area contributed by atoms with Crippen molar-refractivity contribution < 1.29 is 28.2 Å². The maximum absolute atomic E-state index is 13.4. The fraction of sp³-hybridized carbons (Fsp3) is 0.0800. The van der Waals surface area contributed by atoms with E-state index in [1.165, 1.54) is 37.5 Å². The maximum Gasteiger partial charge on any atom is 0.335 e. The van der Waals surface area contributed by atoms with E-state index in [1.54, 1.807) is 42.5 Å². The van der Waals surface area contributed by atoms with Gasteiger partial charge in [0.2, 0.25) is 0 Å². The Morgan fingerprint density at radius 1 is 1.00 bits per heavy atom. The minimum atomic E-state index is -0.868. The summed E-state index contributed by atoms with van der Waals surface area (Å²) in [5, 5.41) is 2.49. The number of hydrogen-bond donors (Lipinski definition) is 1. The van der Waals surface area contributed by atoms with Crippen LogP contribution in [0.2, 0.25) is 5.02 Å². The number of amides is 4. The number of benzene rings is 3. The Kier molecular flexibility index (Phi) is 6.60. The van der Waals surface area contributed by atoms with Gasteiger partial charge in [-0.05, 0) is 59.7 Å². The van der Waals surface area contributed by atoms with Gasteiger partial charge in [0.1, 0.15) is 18.0 Å². The van der Waals surface area contributed by atoms with Gasteiger partial charge in [-0.15, -0.1) is 0 Å². The molecule has 1 aliphatic rings. The van der Waals surface area contributed by atoms with E-state index < -0.39 is 17.8 Å². The molecule has 4 amide bonds. The first-order chi connectivity index (χ1) is 16.4. The molecule has 4 rings (SSSR count). The van der Waals surface area contributed by atoms with Crippen LogP contribution in [0.1, 0.15) is 11.1 Å². The molecule has 34 heavy (non-hydrogen) atoms. The number of ether oxygens (including phenoxy) is 2. The van der Waals surface area contributed by atoms with Crippen LogP contribution in [0.25, 0.3) is 6.08 Å². The average Bonchev–Trinajstić information content (AvgIpc) is 2.80. The number of carbonyl (C=O) groups excluding carboxylic acids is 3. The van der Waals surface area contributed by atoms with Gasteiger partial charge in [0.25, 0.3) is 11.8 Å². The number of anilines is 1. The van der Waals surface area contributed by atoms with Gasteiger partial charge < -0.3 is 9.47 Å². The van der Waals surface area contributed by atoms with Crippen LogP contribution >= 0.6 is 11.6 Å². The van der Waals surface area contributed by atoms with E-state index in [9.17, 15) is 18.8 Å². The predicted octanol–water partition coefficient (Wildman–Crippen LogP) is 4.73. The quantitative estimate of drug-likeness (QED) is 0.407. The summed E-state index contributed by atoms with van der Waals surface area (Å²) >= 11 is 5.98. The summed E-state index contributed by atoms with van der Waals surface area (Å²) in [4.78, 5) is 38.6. The normalized spacial score (nSPS) is 14.9. The van der Waals surface area contributed by atoms with E-state index in [4.69, 9.17) is 21.1 Å². The minimum absolute atomic E-state index is 0.117. The Morgan fingerprint density at radius 3 is 2.53 bits per heavy atom. The molecule has 0 atom stereocenters. The molecule has 3 aromatic carbocycles. The van der Waals surface area contributed by atoms with Gasteiger partial charge in [-0.25, -0.2) is 14.1 Å². The van der Waals surface area contributed by atoms with E-state index in [0.717, 1.165) is 4.90 Å². The van der Waals surface area contributed by atoms with Crippen molar-refractivity contribution in [1.82, 2.24) is 5.32 Å². The molecule has 9 heteroatoms. The first-order valence-corrected chi connectivity index (χ1v) is 10.5. The van der Waals surface area contributed by atoms with E-state index in [0.29, 0.717) is 27.6 Å². The lowest BCUT2D eigenvalue weighted by Gasteiger charge is -2.26. The first kappa shape index (κ1) is 23.0. The van der Waals surface area contributed by atoms with Crippen molar-refractivity contribution in [2.45, 2.75) is 6.61 Å². The van der Waals surface area contributed by atoms with Crippen molar-refractivity contribution in [1.29, 1.82) is 0 Å².